The normalized spacial score (nSPS) is 13.6. The average Bonchev–Trinajstić information content (AvgIpc) is 2.31. The Morgan fingerprint density at radius 2 is 1.83 bits per heavy atom. The van der Waals surface area contributed by atoms with E-state index in [9.17, 15) is 0 Å². The van der Waals surface area contributed by atoms with Crippen molar-refractivity contribution in [1.82, 2.24) is 4.90 Å². The van der Waals surface area contributed by atoms with Crippen LogP contribution in [0.25, 0.3) is 0 Å². The van der Waals surface area contributed by atoms with Crippen molar-refractivity contribution in [2.75, 3.05) is 19.7 Å². The summed E-state index contributed by atoms with van der Waals surface area (Å²) in [5.74, 6) is 0.286. The van der Waals surface area contributed by atoms with Gasteiger partial charge in [0.05, 0.1) is 0 Å². The second-order valence-electron chi connectivity index (χ2n) is 5.68. The van der Waals surface area contributed by atoms with E-state index in [0.29, 0.717) is 6.04 Å². The van der Waals surface area contributed by atoms with Gasteiger partial charge in [-0.05, 0) is 39.7 Å². The first-order valence-electron chi connectivity index (χ1n) is 6.68. The van der Waals surface area contributed by atoms with E-state index < -0.39 is 0 Å². The van der Waals surface area contributed by atoms with Crippen molar-refractivity contribution >= 4 is 5.84 Å². The van der Waals surface area contributed by atoms with Crippen molar-refractivity contribution in [3.05, 3.63) is 0 Å². The van der Waals surface area contributed by atoms with E-state index in [4.69, 9.17) is 16.0 Å². The van der Waals surface area contributed by atoms with E-state index in [2.05, 4.69) is 23.9 Å². The van der Waals surface area contributed by atoms with Crippen molar-refractivity contribution in [1.29, 1.82) is 0 Å². The molecule has 0 rings (SSSR count). The Kier molecular flexibility index (Phi) is 7.95. The summed E-state index contributed by atoms with van der Waals surface area (Å²) in [6.07, 6.45) is 2.68. The highest BCUT2D eigenvalue weighted by atomic mass is 16.4. The van der Waals surface area contributed by atoms with Gasteiger partial charge in [-0.1, -0.05) is 19.0 Å². The van der Waals surface area contributed by atoms with Crippen LogP contribution in [0.5, 0.6) is 0 Å². The zero-order valence-corrected chi connectivity index (χ0v) is 12.2. The Bertz CT molecular complexity index is 253. The summed E-state index contributed by atoms with van der Waals surface area (Å²) in [5.41, 5.74) is 5.39. The fourth-order valence-corrected chi connectivity index (χ4v) is 1.89. The van der Waals surface area contributed by atoms with E-state index in [-0.39, 0.29) is 17.9 Å². The lowest BCUT2D eigenvalue weighted by molar-refractivity contribution is 0.184. The van der Waals surface area contributed by atoms with E-state index in [1.54, 1.807) is 0 Å². The number of rotatable bonds is 9. The van der Waals surface area contributed by atoms with Crippen LogP contribution in [0.2, 0.25) is 0 Å². The number of nitrogens with zero attached hydrogens (tertiary/aromatic N) is 2. The SMILES string of the molecule is CC(C)N(CCCO)CCCC(C)(C)C(N)=NO. The van der Waals surface area contributed by atoms with Crippen LogP contribution in [-0.4, -0.2) is 46.8 Å². The highest BCUT2D eigenvalue weighted by molar-refractivity contribution is 5.85. The molecule has 0 aliphatic rings. The zero-order chi connectivity index (χ0) is 14.2. The van der Waals surface area contributed by atoms with Gasteiger partial charge in [0, 0.05) is 24.6 Å². The third-order valence-corrected chi connectivity index (χ3v) is 3.38. The van der Waals surface area contributed by atoms with Crippen LogP contribution >= 0.6 is 0 Å². The van der Waals surface area contributed by atoms with Crippen LogP contribution in [-0.2, 0) is 0 Å². The highest BCUT2D eigenvalue weighted by Gasteiger charge is 2.23. The van der Waals surface area contributed by atoms with Gasteiger partial charge in [-0.15, -0.1) is 0 Å². The van der Waals surface area contributed by atoms with Crippen molar-refractivity contribution in [2.24, 2.45) is 16.3 Å². The van der Waals surface area contributed by atoms with E-state index in [1.165, 1.54) is 0 Å². The number of aliphatic hydroxyl groups excluding tert-OH is 1. The molecule has 0 saturated heterocycles. The van der Waals surface area contributed by atoms with E-state index >= 15 is 0 Å². The molecule has 0 atom stereocenters. The van der Waals surface area contributed by atoms with Crippen molar-refractivity contribution in [3.8, 4) is 0 Å². The minimum absolute atomic E-state index is 0.235. The summed E-state index contributed by atoms with van der Waals surface area (Å²) in [4.78, 5) is 2.35. The van der Waals surface area contributed by atoms with Gasteiger partial charge in [-0.25, -0.2) is 0 Å². The average molecular weight is 259 g/mol. The molecule has 0 aromatic heterocycles. The summed E-state index contributed by atoms with van der Waals surface area (Å²) in [7, 11) is 0. The molecule has 5 nitrogen and oxygen atoms in total. The number of hydrogen-bond acceptors (Lipinski definition) is 4. The van der Waals surface area contributed by atoms with E-state index in [0.717, 1.165) is 32.4 Å². The molecule has 4 N–H and O–H groups in total. The van der Waals surface area contributed by atoms with Crippen LogP contribution in [0.3, 0.4) is 0 Å². The number of aliphatic hydroxyl groups is 1. The lowest BCUT2D eigenvalue weighted by Crippen LogP contribution is -2.36. The summed E-state index contributed by atoms with van der Waals surface area (Å²) < 4.78 is 0. The van der Waals surface area contributed by atoms with Gasteiger partial charge >= 0.3 is 0 Å². The van der Waals surface area contributed by atoms with Crippen LogP contribution in [0.15, 0.2) is 5.16 Å². The first-order valence-corrected chi connectivity index (χ1v) is 6.68. The minimum atomic E-state index is -0.269. The molecule has 0 bridgehead atoms. The Morgan fingerprint density at radius 3 is 2.28 bits per heavy atom. The molecule has 0 aliphatic heterocycles. The highest BCUT2D eigenvalue weighted by Crippen LogP contribution is 2.22. The molecule has 0 spiro atoms. The third-order valence-electron chi connectivity index (χ3n) is 3.38. The van der Waals surface area contributed by atoms with Crippen molar-refractivity contribution in [3.63, 3.8) is 0 Å². The summed E-state index contributed by atoms with van der Waals surface area (Å²) in [6, 6.07) is 0.475. The Morgan fingerprint density at radius 1 is 1.28 bits per heavy atom. The predicted molar refractivity (Wildman–Crippen MR) is 74.8 cm³/mol. The Labute approximate surface area is 111 Å². The quantitative estimate of drug-likeness (QED) is 0.254. The van der Waals surface area contributed by atoms with Crippen molar-refractivity contribution in [2.45, 2.75) is 53.0 Å². The molecule has 0 unspecified atom stereocenters. The molecule has 0 aliphatic carbocycles. The summed E-state index contributed by atoms with van der Waals surface area (Å²) in [5, 5.41) is 20.7. The molecule has 0 amide bonds. The van der Waals surface area contributed by atoms with Gasteiger partial charge in [0.2, 0.25) is 0 Å². The molecule has 0 fully saturated rings. The van der Waals surface area contributed by atoms with Gasteiger partial charge in [0.25, 0.3) is 0 Å². The lowest BCUT2D eigenvalue weighted by atomic mass is 9.86. The molecule has 0 aromatic carbocycles. The fraction of sp³-hybridized carbons (Fsp3) is 0.923. The third kappa shape index (κ3) is 6.21. The minimum Gasteiger partial charge on any atom is -0.409 e. The molecule has 0 radical (unpaired) electrons. The van der Waals surface area contributed by atoms with Crippen molar-refractivity contribution < 1.29 is 10.3 Å². The first kappa shape index (κ1) is 17.2. The summed E-state index contributed by atoms with van der Waals surface area (Å²) in [6.45, 7) is 10.4. The topological polar surface area (TPSA) is 82.1 Å². The molecule has 5 heteroatoms. The van der Waals surface area contributed by atoms with Gasteiger partial charge in [-0.3, -0.25) is 0 Å². The predicted octanol–water partition coefficient (Wildman–Crippen LogP) is 1.63. The smallest absolute Gasteiger partial charge is 0.144 e. The van der Waals surface area contributed by atoms with Gasteiger partial charge in [0.1, 0.15) is 5.84 Å². The summed E-state index contributed by atoms with van der Waals surface area (Å²) >= 11 is 0. The maximum absolute atomic E-state index is 8.87. The maximum Gasteiger partial charge on any atom is 0.144 e. The maximum atomic E-state index is 8.87. The van der Waals surface area contributed by atoms with Crippen LogP contribution in [0, 0.1) is 5.41 Å². The van der Waals surface area contributed by atoms with Gasteiger partial charge < -0.3 is 20.9 Å². The number of hydrogen-bond donors (Lipinski definition) is 3. The molecule has 0 heterocycles. The molecular formula is C13H29N3O2. The van der Waals surface area contributed by atoms with Gasteiger partial charge in [0.15, 0.2) is 0 Å². The standard InChI is InChI=1S/C13H29N3O2/c1-11(2)16(9-6-10-17)8-5-7-13(3,4)12(14)15-18/h11,17-18H,5-10H2,1-4H3,(H2,14,15). The Hall–Kier alpha value is -0.810. The largest absolute Gasteiger partial charge is 0.409 e. The molecule has 0 aromatic rings. The van der Waals surface area contributed by atoms with Crippen LogP contribution < -0.4 is 5.73 Å². The number of amidine groups is 1. The first-order chi connectivity index (χ1) is 8.35. The van der Waals surface area contributed by atoms with Crippen LogP contribution in [0.1, 0.15) is 47.0 Å². The lowest BCUT2D eigenvalue weighted by Gasteiger charge is -2.28. The van der Waals surface area contributed by atoms with E-state index in [1.807, 2.05) is 13.8 Å². The van der Waals surface area contributed by atoms with Crippen LogP contribution in [0.4, 0.5) is 0 Å². The second-order valence-corrected chi connectivity index (χ2v) is 5.68. The molecule has 0 saturated carbocycles. The molecule has 18 heavy (non-hydrogen) atoms. The molecule has 108 valence electrons. The fourth-order valence-electron chi connectivity index (χ4n) is 1.89. The number of oxime groups is 1. The van der Waals surface area contributed by atoms with Gasteiger partial charge in [-0.2, -0.15) is 0 Å². The Balaban J connectivity index is 4.13. The zero-order valence-electron chi connectivity index (χ0n) is 12.2. The second kappa shape index (κ2) is 8.32. The monoisotopic (exact) mass is 259 g/mol. The number of nitrogens with two attached hydrogens (primary N) is 1. The molecular weight excluding hydrogens is 230 g/mol.